The third-order valence-corrected chi connectivity index (χ3v) is 5.95. The number of phenols is 1. The molecule has 0 radical (unpaired) electrons. The predicted octanol–water partition coefficient (Wildman–Crippen LogP) is 1.35. The topological polar surface area (TPSA) is 74.7 Å². The molecule has 1 aliphatic heterocycles. The van der Waals surface area contributed by atoms with E-state index in [0.717, 1.165) is 5.56 Å². The van der Waals surface area contributed by atoms with Crippen molar-refractivity contribution >= 4 is 15.7 Å². The summed E-state index contributed by atoms with van der Waals surface area (Å²) in [5.74, 6) is -0.400. The minimum atomic E-state index is -3.12. The Morgan fingerprint density at radius 3 is 2.75 bits per heavy atom. The summed E-state index contributed by atoms with van der Waals surface area (Å²) in [5.41, 5.74) is 1.11. The Morgan fingerprint density at radius 2 is 2.05 bits per heavy atom. The maximum Gasteiger partial charge on any atom is 0.257 e. The van der Waals surface area contributed by atoms with E-state index in [-0.39, 0.29) is 29.5 Å². The highest BCUT2D eigenvalue weighted by atomic mass is 32.2. The molecule has 1 N–H and O–H groups in total. The van der Waals surface area contributed by atoms with Gasteiger partial charge in [0.25, 0.3) is 5.91 Å². The minimum absolute atomic E-state index is 0.0213. The zero-order valence-corrected chi connectivity index (χ0v) is 12.5. The van der Waals surface area contributed by atoms with E-state index in [1.165, 1.54) is 11.0 Å². The van der Waals surface area contributed by atoms with Crippen molar-refractivity contribution in [1.82, 2.24) is 4.90 Å². The lowest BCUT2D eigenvalue weighted by molar-refractivity contribution is 0.0764. The molecule has 5 nitrogen and oxygen atoms in total. The summed E-state index contributed by atoms with van der Waals surface area (Å²) in [4.78, 5) is 13.9. The lowest BCUT2D eigenvalue weighted by Gasteiger charge is -2.20. The first-order valence-corrected chi connectivity index (χ1v) is 8.33. The van der Waals surface area contributed by atoms with E-state index in [9.17, 15) is 18.3 Å². The third kappa shape index (κ3) is 2.95. The number of nitrogens with zero attached hydrogens (tertiary/aromatic N) is 1. The van der Waals surface area contributed by atoms with Gasteiger partial charge in [0, 0.05) is 13.1 Å². The van der Waals surface area contributed by atoms with Crippen LogP contribution in [0.25, 0.3) is 0 Å². The summed E-state index contributed by atoms with van der Waals surface area (Å²) in [6, 6.07) is 4.83. The Morgan fingerprint density at radius 1 is 1.35 bits per heavy atom. The molecule has 6 heteroatoms. The van der Waals surface area contributed by atoms with Gasteiger partial charge in [-0.15, -0.1) is 0 Å². The number of benzene rings is 1. The van der Waals surface area contributed by atoms with Crippen LogP contribution < -0.4 is 0 Å². The molecule has 1 aromatic rings. The standard InChI is InChI=1S/C14H19NO4S/c1-10-3-4-13(16)12(9-10)14(17)15-6-5-11(2)20(18,19)8-7-15/h3-4,9,11,16H,5-8H2,1-2H3/t11-/m1/s1. The van der Waals surface area contributed by atoms with Crippen molar-refractivity contribution in [2.24, 2.45) is 0 Å². The highest BCUT2D eigenvalue weighted by molar-refractivity contribution is 7.92. The van der Waals surface area contributed by atoms with Gasteiger partial charge in [0.1, 0.15) is 5.75 Å². The first kappa shape index (κ1) is 14.8. The van der Waals surface area contributed by atoms with E-state index in [4.69, 9.17) is 0 Å². The molecule has 2 rings (SSSR count). The third-order valence-electron chi connectivity index (χ3n) is 3.73. The largest absolute Gasteiger partial charge is 0.507 e. The second kappa shape index (κ2) is 5.44. The molecule has 0 aliphatic carbocycles. The normalized spacial score (nSPS) is 22.3. The SMILES string of the molecule is Cc1ccc(O)c(C(=O)N2CC[C@@H](C)S(=O)(=O)CC2)c1. The zero-order chi connectivity index (χ0) is 14.9. The molecule has 20 heavy (non-hydrogen) atoms. The molecular weight excluding hydrogens is 278 g/mol. The second-order valence-corrected chi connectivity index (χ2v) is 7.82. The molecule has 1 fully saturated rings. The number of carbonyl (C=O) groups is 1. The fourth-order valence-corrected chi connectivity index (χ4v) is 3.60. The first-order valence-electron chi connectivity index (χ1n) is 6.62. The lowest BCUT2D eigenvalue weighted by Crippen LogP contribution is -2.33. The molecular formula is C14H19NO4S. The van der Waals surface area contributed by atoms with Gasteiger partial charge in [-0.25, -0.2) is 8.42 Å². The molecule has 110 valence electrons. The number of aryl methyl sites for hydroxylation is 1. The molecule has 1 aliphatic rings. The van der Waals surface area contributed by atoms with Gasteiger partial charge in [-0.1, -0.05) is 11.6 Å². The average molecular weight is 297 g/mol. The number of aromatic hydroxyl groups is 1. The summed E-state index contributed by atoms with van der Waals surface area (Å²) >= 11 is 0. The maximum absolute atomic E-state index is 12.4. The average Bonchev–Trinajstić information content (AvgIpc) is 2.52. The fraction of sp³-hybridized carbons (Fsp3) is 0.500. The van der Waals surface area contributed by atoms with Crippen molar-refractivity contribution < 1.29 is 18.3 Å². The molecule has 0 aromatic heterocycles. The van der Waals surface area contributed by atoms with Gasteiger partial charge in [0.15, 0.2) is 9.84 Å². The van der Waals surface area contributed by atoms with Gasteiger partial charge in [-0.3, -0.25) is 4.79 Å². The van der Waals surface area contributed by atoms with Crippen LogP contribution in [0.3, 0.4) is 0 Å². The van der Waals surface area contributed by atoms with Gasteiger partial charge in [0.05, 0.1) is 16.6 Å². The van der Waals surface area contributed by atoms with E-state index >= 15 is 0 Å². The van der Waals surface area contributed by atoms with Crippen LogP contribution in [-0.4, -0.2) is 48.4 Å². The Balaban J connectivity index is 2.24. The number of phenolic OH excluding ortho intramolecular Hbond substituents is 1. The molecule has 0 bridgehead atoms. The summed E-state index contributed by atoms with van der Waals surface area (Å²) in [7, 11) is -3.12. The van der Waals surface area contributed by atoms with Crippen LogP contribution in [0.15, 0.2) is 18.2 Å². The van der Waals surface area contributed by atoms with Crippen LogP contribution in [0.1, 0.15) is 29.3 Å². The highest BCUT2D eigenvalue weighted by Crippen LogP contribution is 2.22. The predicted molar refractivity (Wildman–Crippen MR) is 76.6 cm³/mol. The van der Waals surface area contributed by atoms with Gasteiger partial charge >= 0.3 is 0 Å². The van der Waals surface area contributed by atoms with Crippen molar-refractivity contribution in [2.45, 2.75) is 25.5 Å². The summed E-state index contributed by atoms with van der Waals surface area (Å²) < 4.78 is 23.7. The van der Waals surface area contributed by atoms with E-state index in [1.54, 1.807) is 19.1 Å². The number of amides is 1. The summed E-state index contributed by atoms with van der Waals surface area (Å²) in [6.45, 7) is 4.09. The molecule has 0 saturated carbocycles. The Kier molecular flexibility index (Phi) is 4.04. The Bertz CT molecular complexity index is 624. The maximum atomic E-state index is 12.4. The van der Waals surface area contributed by atoms with Crippen molar-refractivity contribution in [3.8, 4) is 5.75 Å². The molecule has 0 spiro atoms. The van der Waals surface area contributed by atoms with E-state index in [2.05, 4.69) is 0 Å². The van der Waals surface area contributed by atoms with Crippen molar-refractivity contribution in [1.29, 1.82) is 0 Å². The van der Waals surface area contributed by atoms with Gasteiger partial charge in [-0.05, 0) is 32.4 Å². The van der Waals surface area contributed by atoms with Gasteiger partial charge in [-0.2, -0.15) is 0 Å². The molecule has 0 unspecified atom stereocenters. The van der Waals surface area contributed by atoms with Gasteiger partial charge < -0.3 is 10.0 Å². The Labute approximate surface area is 119 Å². The van der Waals surface area contributed by atoms with Crippen LogP contribution in [0.4, 0.5) is 0 Å². The summed E-state index contributed by atoms with van der Waals surface area (Å²) in [6.07, 6.45) is 0.431. The summed E-state index contributed by atoms with van der Waals surface area (Å²) in [5, 5.41) is 9.37. The van der Waals surface area contributed by atoms with Crippen molar-refractivity contribution in [2.75, 3.05) is 18.8 Å². The zero-order valence-electron chi connectivity index (χ0n) is 11.7. The number of carbonyl (C=O) groups excluding carboxylic acids is 1. The minimum Gasteiger partial charge on any atom is -0.507 e. The number of hydrogen-bond donors (Lipinski definition) is 1. The second-order valence-electron chi connectivity index (χ2n) is 5.28. The van der Waals surface area contributed by atoms with Crippen LogP contribution in [0.2, 0.25) is 0 Å². The molecule has 1 aromatic carbocycles. The lowest BCUT2D eigenvalue weighted by atomic mass is 10.1. The van der Waals surface area contributed by atoms with Crippen LogP contribution in [-0.2, 0) is 9.84 Å². The molecule has 1 amide bonds. The van der Waals surface area contributed by atoms with E-state index < -0.39 is 15.1 Å². The van der Waals surface area contributed by atoms with Crippen LogP contribution in [0, 0.1) is 6.92 Å². The van der Waals surface area contributed by atoms with Crippen LogP contribution >= 0.6 is 0 Å². The number of sulfone groups is 1. The molecule has 1 heterocycles. The molecule has 1 atom stereocenters. The highest BCUT2D eigenvalue weighted by Gasteiger charge is 2.29. The van der Waals surface area contributed by atoms with E-state index in [0.29, 0.717) is 13.0 Å². The fourth-order valence-electron chi connectivity index (χ4n) is 2.26. The first-order chi connectivity index (χ1) is 9.31. The van der Waals surface area contributed by atoms with E-state index in [1.807, 2.05) is 6.92 Å². The quantitative estimate of drug-likeness (QED) is 0.849. The monoisotopic (exact) mass is 297 g/mol. The molecule has 1 saturated heterocycles. The van der Waals surface area contributed by atoms with Gasteiger partial charge in [0.2, 0.25) is 0 Å². The van der Waals surface area contributed by atoms with Crippen LogP contribution in [0.5, 0.6) is 5.75 Å². The number of hydrogen-bond acceptors (Lipinski definition) is 4. The van der Waals surface area contributed by atoms with Crippen molar-refractivity contribution in [3.63, 3.8) is 0 Å². The Hall–Kier alpha value is -1.56. The van der Waals surface area contributed by atoms with Crippen molar-refractivity contribution in [3.05, 3.63) is 29.3 Å². The smallest absolute Gasteiger partial charge is 0.257 e. The number of rotatable bonds is 1.